The van der Waals surface area contributed by atoms with E-state index in [4.69, 9.17) is 21.4 Å². The molecular weight excluding hydrogens is 522 g/mol. The second kappa shape index (κ2) is 11.2. The molecule has 5 rings (SSSR count). The third-order valence-electron chi connectivity index (χ3n) is 6.02. The lowest BCUT2D eigenvalue weighted by atomic mass is 9.94. The molecule has 0 bridgehead atoms. The van der Waals surface area contributed by atoms with E-state index in [1.165, 1.54) is 11.8 Å². The van der Waals surface area contributed by atoms with Crippen LogP contribution in [-0.2, 0) is 10.5 Å². The number of carbonyl (C=O) groups is 1. The predicted octanol–water partition coefficient (Wildman–Crippen LogP) is 6.26. The van der Waals surface area contributed by atoms with E-state index in [2.05, 4.69) is 15.6 Å². The van der Waals surface area contributed by atoms with Gasteiger partial charge in [-0.2, -0.15) is 4.98 Å². The SMILES string of the molecule is CCOc1cc(C2C(C(=O)Nc3ccccc3)=C(C)Nc3nc(SCc4ccccc4Cl)nn32)ccc1O. The number of allylic oxidation sites excluding steroid dienone is 1. The highest BCUT2D eigenvalue weighted by Crippen LogP contribution is 2.40. The number of fused-ring (bicyclic) bond motifs is 1. The summed E-state index contributed by atoms with van der Waals surface area (Å²) in [6, 6.07) is 21.4. The Morgan fingerprint density at radius 1 is 1.16 bits per heavy atom. The van der Waals surface area contributed by atoms with Gasteiger partial charge in [0.05, 0.1) is 12.2 Å². The summed E-state index contributed by atoms with van der Waals surface area (Å²) in [7, 11) is 0. The number of para-hydroxylation sites is 1. The summed E-state index contributed by atoms with van der Waals surface area (Å²) in [6.45, 7) is 4.07. The minimum Gasteiger partial charge on any atom is -0.504 e. The fourth-order valence-electron chi connectivity index (χ4n) is 4.24. The zero-order chi connectivity index (χ0) is 26.6. The second-order valence-electron chi connectivity index (χ2n) is 8.59. The van der Waals surface area contributed by atoms with E-state index in [1.807, 2.05) is 68.4 Å². The van der Waals surface area contributed by atoms with Crippen LogP contribution in [-0.4, -0.2) is 32.4 Å². The molecule has 10 heteroatoms. The molecule has 38 heavy (non-hydrogen) atoms. The number of carbonyl (C=O) groups excluding carboxylic acids is 1. The molecule has 0 saturated heterocycles. The highest BCUT2D eigenvalue weighted by Gasteiger charge is 2.35. The molecule has 4 aromatic rings. The number of nitrogens with zero attached hydrogens (tertiary/aromatic N) is 3. The average Bonchev–Trinajstić information content (AvgIpc) is 3.31. The first-order valence-corrected chi connectivity index (χ1v) is 13.4. The molecule has 1 aromatic heterocycles. The van der Waals surface area contributed by atoms with Crippen LogP contribution in [0, 0.1) is 0 Å². The number of aromatic hydroxyl groups is 1. The molecule has 194 valence electrons. The molecule has 1 atom stereocenters. The zero-order valence-electron chi connectivity index (χ0n) is 20.8. The molecule has 0 aliphatic carbocycles. The minimum atomic E-state index is -0.614. The number of thioether (sulfide) groups is 1. The van der Waals surface area contributed by atoms with Gasteiger partial charge in [-0.15, -0.1) is 5.10 Å². The largest absolute Gasteiger partial charge is 0.504 e. The van der Waals surface area contributed by atoms with Crippen molar-refractivity contribution in [2.75, 3.05) is 17.2 Å². The van der Waals surface area contributed by atoms with Gasteiger partial charge < -0.3 is 20.5 Å². The Kier molecular flexibility index (Phi) is 7.57. The molecule has 8 nitrogen and oxygen atoms in total. The molecule has 3 N–H and O–H groups in total. The summed E-state index contributed by atoms with van der Waals surface area (Å²) >= 11 is 7.79. The average molecular weight is 548 g/mol. The third-order valence-corrected chi connectivity index (χ3v) is 7.28. The summed E-state index contributed by atoms with van der Waals surface area (Å²) in [4.78, 5) is 18.3. The highest BCUT2D eigenvalue weighted by molar-refractivity contribution is 7.98. The van der Waals surface area contributed by atoms with Crippen LogP contribution in [0.2, 0.25) is 5.02 Å². The number of rotatable bonds is 8. The van der Waals surface area contributed by atoms with Crippen LogP contribution < -0.4 is 15.4 Å². The number of amides is 1. The van der Waals surface area contributed by atoms with Gasteiger partial charge in [0.1, 0.15) is 6.04 Å². The fourth-order valence-corrected chi connectivity index (χ4v) is 5.36. The number of anilines is 2. The van der Waals surface area contributed by atoms with Crippen molar-refractivity contribution in [3.8, 4) is 11.5 Å². The van der Waals surface area contributed by atoms with E-state index in [9.17, 15) is 9.90 Å². The molecule has 0 spiro atoms. The van der Waals surface area contributed by atoms with Gasteiger partial charge in [0.25, 0.3) is 5.91 Å². The Balaban J connectivity index is 1.53. The van der Waals surface area contributed by atoms with Crippen molar-refractivity contribution in [3.05, 3.63) is 100 Å². The van der Waals surface area contributed by atoms with Gasteiger partial charge in [-0.1, -0.05) is 65.8 Å². The molecular formula is C28H26ClN5O3S. The van der Waals surface area contributed by atoms with Crippen molar-refractivity contribution in [1.29, 1.82) is 0 Å². The summed E-state index contributed by atoms with van der Waals surface area (Å²) in [5.74, 6) is 1.18. The van der Waals surface area contributed by atoms with Gasteiger partial charge in [0.2, 0.25) is 11.1 Å². The van der Waals surface area contributed by atoms with Crippen molar-refractivity contribution in [3.63, 3.8) is 0 Å². The number of phenols is 1. The molecule has 0 radical (unpaired) electrons. The Morgan fingerprint density at radius 3 is 2.68 bits per heavy atom. The zero-order valence-corrected chi connectivity index (χ0v) is 22.4. The maximum Gasteiger partial charge on any atom is 0.255 e. The van der Waals surface area contributed by atoms with Crippen molar-refractivity contribution in [1.82, 2.24) is 14.8 Å². The molecule has 1 unspecified atom stereocenters. The topological polar surface area (TPSA) is 101 Å². The van der Waals surface area contributed by atoms with E-state index in [0.29, 0.717) is 51.2 Å². The molecule has 0 saturated carbocycles. The van der Waals surface area contributed by atoms with Crippen molar-refractivity contribution >= 4 is 40.9 Å². The number of aromatic nitrogens is 3. The number of phenolic OH excluding ortho intramolecular Hbond substituents is 1. The van der Waals surface area contributed by atoms with Gasteiger partial charge in [-0.05, 0) is 55.3 Å². The maximum absolute atomic E-state index is 13.6. The van der Waals surface area contributed by atoms with Gasteiger partial charge in [-0.3, -0.25) is 4.79 Å². The first kappa shape index (κ1) is 25.7. The minimum absolute atomic E-state index is 0.0234. The van der Waals surface area contributed by atoms with E-state index < -0.39 is 6.04 Å². The van der Waals surface area contributed by atoms with E-state index in [-0.39, 0.29) is 11.7 Å². The fraction of sp³-hybridized carbons (Fsp3) is 0.179. The first-order valence-electron chi connectivity index (χ1n) is 12.1. The van der Waals surface area contributed by atoms with E-state index in [0.717, 1.165) is 11.1 Å². The molecule has 1 aliphatic heterocycles. The van der Waals surface area contributed by atoms with Crippen LogP contribution in [0.1, 0.15) is 31.0 Å². The molecule has 2 heterocycles. The second-order valence-corrected chi connectivity index (χ2v) is 9.94. The number of hydrogen-bond donors (Lipinski definition) is 3. The number of nitrogens with one attached hydrogen (secondary N) is 2. The summed E-state index contributed by atoms with van der Waals surface area (Å²) in [5.41, 5.74) is 3.50. The van der Waals surface area contributed by atoms with Gasteiger partial charge >= 0.3 is 0 Å². The quantitative estimate of drug-likeness (QED) is 0.224. The molecule has 1 aliphatic rings. The van der Waals surface area contributed by atoms with Crippen molar-refractivity contribution < 1.29 is 14.6 Å². The van der Waals surface area contributed by atoms with E-state index >= 15 is 0 Å². The number of ether oxygens (including phenoxy) is 1. The summed E-state index contributed by atoms with van der Waals surface area (Å²) < 4.78 is 7.33. The predicted molar refractivity (Wildman–Crippen MR) is 150 cm³/mol. The van der Waals surface area contributed by atoms with Gasteiger partial charge in [0.15, 0.2) is 11.5 Å². The molecule has 3 aromatic carbocycles. The van der Waals surface area contributed by atoms with Crippen LogP contribution in [0.15, 0.2) is 89.2 Å². The van der Waals surface area contributed by atoms with Crippen LogP contribution in [0.5, 0.6) is 11.5 Å². The van der Waals surface area contributed by atoms with Crippen LogP contribution in [0.3, 0.4) is 0 Å². The molecule has 0 fully saturated rings. The Bertz CT molecular complexity index is 1510. The summed E-state index contributed by atoms with van der Waals surface area (Å²) in [5, 5.41) is 22.5. The monoisotopic (exact) mass is 547 g/mol. The molecule has 1 amide bonds. The summed E-state index contributed by atoms with van der Waals surface area (Å²) in [6.07, 6.45) is 0. The Labute approximate surface area is 229 Å². The number of hydrogen-bond acceptors (Lipinski definition) is 7. The standard InChI is InChI=1S/C28H26ClN5O3S/c1-3-37-23-15-18(13-14-22(23)35)25-24(26(36)31-20-10-5-4-6-11-20)17(2)30-27-32-28(33-34(25)27)38-16-19-9-7-8-12-21(19)29/h4-15,25,35H,3,16H2,1-2H3,(H,31,36)(H,30,32,33). The Hall–Kier alpha value is -3.95. The number of halogens is 1. The van der Waals surface area contributed by atoms with Crippen LogP contribution in [0.25, 0.3) is 0 Å². The normalized spacial score (nSPS) is 14.6. The lowest BCUT2D eigenvalue weighted by Gasteiger charge is -2.29. The first-order chi connectivity index (χ1) is 18.4. The van der Waals surface area contributed by atoms with Gasteiger partial charge in [0, 0.05) is 22.2 Å². The third kappa shape index (κ3) is 5.34. The van der Waals surface area contributed by atoms with Crippen LogP contribution in [0.4, 0.5) is 11.6 Å². The smallest absolute Gasteiger partial charge is 0.255 e. The van der Waals surface area contributed by atoms with Crippen molar-refractivity contribution in [2.45, 2.75) is 30.8 Å². The number of benzene rings is 3. The Morgan fingerprint density at radius 2 is 1.92 bits per heavy atom. The van der Waals surface area contributed by atoms with Crippen LogP contribution >= 0.6 is 23.4 Å². The maximum atomic E-state index is 13.6. The van der Waals surface area contributed by atoms with Crippen molar-refractivity contribution in [2.24, 2.45) is 0 Å². The van der Waals surface area contributed by atoms with E-state index in [1.54, 1.807) is 22.9 Å². The highest BCUT2D eigenvalue weighted by atomic mass is 35.5. The lowest BCUT2D eigenvalue weighted by molar-refractivity contribution is -0.113. The van der Waals surface area contributed by atoms with Gasteiger partial charge in [-0.25, -0.2) is 4.68 Å². The lowest BCUT2D eigenvalue weighted by Crippen LogP contribution is -2.31.